The molecule has 2 saturated heterocycles. The molecule has 116 valence electrons. The summed E-state index contributed by atoms with van der Waals surface area (Å²) in [6, 6.07) is 0. The molecule has 0 bridgehead atoms. The number of hydrogen-bond acceptors (Lipinski definition) is 4. The number of aliphatic hydroxyl groups excluding tert-OH is 1. The minimum Gasteiger partial charge on any atom is -0.455 e. The summed E-state index contributed by atoms with van der Waals surface area (Å²) in [5, 5.41) is 10.0. The number of cyclic esters (lactones) is 1. The molecule has 0 saturated carbocycles. The molecular formula is C17H24O4. The quantitative estimate of drug-likeness (QED) is 0.339. The number of carbonyl (C=O) groups excluding carboxylic acids is 1. The number of aliphatic hydroxyl groups is 1. The van der Waals surface area contributed by atoms with Crippen molar-refractivity contribution in [1.29, 1.82) is 0 Å². The van der Waals surface area contributed by atoms with Crippen LogP contribution in [0.1, 0.15) is 33.1 Å². The zero-order valence-electron chi connectivity index (χ0n) is 12.8. The molecule has 1 N–H and O–H groups in total. The fraction of sp³-hybridized carbons (Fsp3) is 0.588. The van der Waals surface area contributed by atoms with Gasteiger partial charge in [-0.05, 0) is 33.1 Å². The molecule has 2 aliphatic heterocycles. The molecule has 0 spiro atoms. The van der Waals surface area contributed by atoms with Crippen LogP contribution in [0.5, 0.6) is 0 Å². The maximum Gasteiger partial charge on any atom is 0.334 e. The topological polar surface area (TPSA) is 59.1 Å². The Balaban J connectivity index is 2.07. The molecule has 4 nitrogen and oxygen atoms in total. The van der Waals surface area contributed by atoms with E-state index >= 15 is 0 Å². The van der Waals surface area contributed by atoms with Crippen LogP contribution in [0.3, 0.4) is 0 Å². The Kier molecular flexibility index (Phi) is 4.40. The highest BCUT2D eigenvalue weighted by molar-refractivity contribution is 5.91. The fourth-order valence-electron chi connectivity index (χ4n) is 2.88. The molecule has 21 heavy (non-hydrogen) atoms. The van der Waals surface area contributed by atoms with Gasteiger partial charge >= 0.3 is 5.97 Å². The summed E-state index contributed by atoms with van der Waals surface area (Å²) in [7, 11) is 0. The van der Waals surface area contributed by atoms with Crippen molar-refractivity contribution in [2.24, 2.45) is 5.92 Å². The van der Waals surface area contributed by atoms with Gasteiger partial charge in [-0.1, -0.05) is 24.8 Å². The van der Waals surface area contributed by atoms with Crippen LogP contribution in [-0.4, -0.2) is 35.0 Å². The second-order valence-corrected chi connectivity index (χ2v) is 6.28. The standard InChI is InChI=1S/C17H24O4/c1-6-7-8-17(5)15(21-17)14-12(9-13(18)10(2)3)11(4)16(19)20-14/h6,12-15,18H,1-2,4,7-9H2,3,5H3/t12-,13-,14-,15+,17+/m0/s1. The summed E-state index contributed by atoms with van der Waals surface area (Å²) >= 11 is 0. The van der Waals surface area contributed by atoms with Gasteiger partial charge in [-0.3, -0.25) is 0 Å². The first-order valence-corrected chi connectivity index (χ1v) is 7.32. The van der Waals surface area contributed by atoms with Crippen molar-refractivity contribution in [3.63, 3.8) is 0 Å². The zero-order chi connectivity index (χ0) is 15.8. The smallest absolute Gasteiger partial charge is 0.334 e. The first kappa shape index (κ1) is 16.0. The van der Waals surface area contributed by atoms with Gasteiger partial charge in [0.1, 0.15) is 12.2 Å². The number of rotatable bonds is 7. The predicted octanol–water partition coefficient (Wildman–Crippen LogP) is 2.54. The third-order valence-electron chi connectivity index (χ3n) is 4.48. The molecule has 0 aromatic carbocycles. The molecule has 2 aliphatic rings. The van der Waals surface area contributed by atoms with Crippen LogP contribution in [0.15, 0.2) is 37.0 Å². The van der Waals surface area contributed by atoms with Crippen LogP contribution in [0.4, 0.5) is 0 Å². The molecule has 5 atom stereocenters. The summed E-state index contributed by atoms with van der Waals surface area (Å²) in [6.45, 7) is 15.1. The third-order valence-corrected chi connectivity index (χ3v) is 4.48. The van der Waals surface area contributed by atoms with Gasteiger partial charge in [-0.25, -0.2) is 4.79 Å². The lowest BCUT2D eigenvalue weighted by Crippen LogP contribution is -2.30. The Bertz CT molecular complexity index is 481. The Morgan fingerprint density at radius 3 is 2.81 bits per heavy atom. The van der Waals surface area contributed by atoms with Crippen LogP contribution in [0.2, 0.25) is 0 Å². The van der Waals surface area contributed by atoms with Crippen molar-refractivity contribution in [3.8, 4) is 0 Å². The second-order valence-electron chi connectivity index (χ2n) is 6.28. The molecule has 2 fully saturated rings. The van der Waals surface area contributed by atoms with Crippen molar-refractivity contribution in [3.05, 3.63) is 37.0 Å². The van der Waals surface area contributed by atoms with Crippen molar-refractivity contribution in [2.75, 3.05) is 0 Å². The highest BCUT2D eigenvalue weighted by Gasteiger charge is 2.61. The van der Waals surface area contributed by atoms with Gasteiger partial charge < -0.3 is 14.6 Å². The van der Waals surface area contributed by atoms with E-state index in [0.29, 0.717) is 17.6 Å². The van der Waals surface area contributed by atoms with E-state index in [1.165, 1.54) is 0 Å². The van der Waals surface area contributed by atoms with Gasteiger partial charge in [0.25, 0.3) is 0 Å². The van der Waals surface area contributed by atoms with Crippen molar-refractivity contribution >= 4 is 5.97 Å². The SMILES string of the molecule is C=CCC[C@@]1(C)O[C@@H]1[C@H]1OC(=O)C(=C)[C@@H]1C[C@H](O)C(=C)C. The Morgan fingerprint density at radius 1 is 1.57 bits per heavy atom. The minimum atomic E-state index is -0.665. The maximum atomic E-state index is 11.8. The largest absolute Gasteiger partial charge is 0.455 e. The van der Waals surface area contributed by atoms with Gasteiger partial charge in [0.05, 0.1) is 11.7 Å². The molecule has 2 rings (SSSR count). The van der Waals surface area contributed by atoms with Crippen LogP contribution in [0.25, 0.3) is 0 Å². The highest BCUT2D eigenvalue weighted by atomic mass is 16.6. The summed E-state index contributed by atoms with van der Waals surface area (Å²) in [6.07, 6.45) is 2.78. The fourth-order valence-corrected chi connectivity index (χ4v) is 2.88. The normalized spacial score (nSPS) is 36.2. The van der Waals surface area contributed by atoms with E-state index in [-0.39, 0.29) is 29.7 Å². The number of carbonyl (C=O) groups is 1. The van der Waals surface area contributed by atoms with E-state index in [4.69, 9.17) is 9.47 Å². The number of epoxide rings is 1. The number of esters is 1. The van der Waals surface area contributed by atoms with Crippen LogP contribution in [0, 0.1) is 5.92 Å². The Labute approximate surface area is 126 Å². The molecule has 4 heteroatoms. The molecule has 0 unspecified atom stereocenters. The lowest BCUT2D eigenvalue weighted by Gasteiger charge is -2.20. The molecule has 2 heterocycles. The molecule has 0 aromatic rings. The van der Waals surface area contributed by atoms with Gasteiger partial charge in [-0.15, -0.1) is 6.58 Å². The first-order chi connectivity index (χ1) is 9.80. The van der Waals surface area contributed by atoms with Gasteiger partial charge in [0.2, 0.25) is 0 Å². The lowest BCUT2D eigenvalue weighted by molar-refractivity contribution is -0.140. The van der Waals surface area contributed by atoms with E-state index in [1.807, 2.05) is 13.0 Å². The minimum absolute atomic E-state index is 0.136. The molecule has 0 radical (unpaired) electrons. The van der Waals surface area contributed by atoms with E-state index < -0.39 is 6.10 Å². The first-order valence-electron chi connectivity index (χ1n) is 7.32. The lowest BCUT2D eigenvalue weighted by atomic mass is 9.84. The van der Waals surface area contributed by atoms with Gasteiger partial charge in [0, 0.05) is 11.5 Å². The molecule has 0 aliphatic carbocycles. The average molecular weight is 292 g/mol. The highest BCUT2D eigenvalue weighted by Crippen LogP contribution is 2.49. The summed E-state index contributed by atoms with van der Waals surface area (Å²) in [5.74, 6) is -0.611. The molecular weight excluding hydrogens is 268 g/mol. The van der Waals surface area contributed by atoms with Crippen LogP contribution in [-0.2, 0) is 14.3 Å². The molecule has 0 aromatic heterocycles. The Hall–Kier alpha value is -1.39. The number of allylic oxidation sites excluding steroid dienone is 1. The number of ether oxygens (including phenoxy) is 2. The van der Waals surface area contributed by atoms with Crippen LogP contribution >= 0.6 is 0 Å². The molecule has 0 amide bonds. The summed E-state index contributed by atoms with van der Waals surface area (Å²) in [4.78, 5) is 11.8. The zero-order valence-corrected chi connectivity index (χ0v) is 12.8. The third kappa shape index (κ3) is 3.11. The van der Waals surface area contributed by atoms with Crippen molar-refractivity contribution < 1.29 is 19.4 Å². The van der Waals surface area contributed by atoms with Gasteiger partial charge in [0.15, 0.2) is 0 Å². The van der Waals surface area contributed by atoms with E-state index in [9.17, 15) is 9.90 Å². The average Bonchev–Trinajstić information content (AvgIpc) is 3.02. The van der Waals surface area contributed by atoms with E-state index in [0.717, 1.165) is 12.8 Å². The van der Waals surface area contributed by atoms with Crippen molar-refractivity contribution in [1.82, 2.24) is 0 Å². The number of hydrogen-bond donors (Lipinski definition) is 1. The van der Waals surface area contributed by atoms with Crippen molar-refractivity contribution in [2.45, 2.75) is 57.0 Å². The Morgan fingerprint density at radius 2 is 2.24 bits per heavy atom. The van der Waals surface area contributed by atoms with Gasteiger partial charge in [-0.2, -0.15) is 0 Å². The summed E-state index contributed by atoms with van der Waals surface area (Å²) < 4.78 is 11.2. The monoisotopic (exact) mass is 292 g/mol. The van der Waals surface area contributed by atoms with E-state index in [1.54, 1.807) is 6.92 Å². The predicted molar refractivity (Wildman–Crippen MR) is 80.7 cm³/mol. The summed E-state index contributed by atoms with van der Waals surface area (Å²) in [5.41, 5.74) is 0.810. The maximum absolute atomic E-state index is 11.8. The van der Waals surface area contributed by atoms with E-state index in [2.05, 4.69) is 19.7 Å². The van der Waals surface area contributed by atoms with Crippen LogP contribution < -0.4 is 0 Å². The second kappa shape index (κ2) is 5.78.